The average Bonchev–Trinajstić information content (AvgIpc) is 3.15. The van der Waals surface area contributed by atoms with E-state index in [2.05, 4.69) is 96.6 Å². The SMILES string of the molecule is CSC1CC(c2ccccc2)(N(C)C)CCC12CCCc1c2[nH]c2ccccc12. The highest BCUT2D eigenvalue weighted by Crippen LogP contribution is 2.57. The third kappa shape index (κ3) is 2.81. The molecule has 0 radical (unpaired) electrons. The number of fused-ring (bicyclic) bond motifs is 4. The van der Waals surface area contributed by atoms with Crippen LogP contribution in [0.1, 0.15) is 48.9 Å². The molecule has 152 valence electrons. The number of aromatic nitrogens is 1. The van der Waals surface area contributed by atoms with Crippen LogP contribution in [-0.2, 0) is 17.4 Å². The van der Waals surface area contributed by atoms with Gasteiger partial charge in [-0.25, -0.2) is 0 Å². The van der Waals surface area contributed by atoms with Crippen molar-refractivity contribution in [3.8, 4) is 0 Å². The summed E-state index contributed by atoms with van der Waals surface area (Å²) in [7, 11) is 4.55. The maximum Gasteiger partial charge on any atom is 0.0465 e. The van der Waals surface area contributed by atoms with E-state index in [1.807, 2.05) is 0 Å². The topological polar surface area (TPSA) is 19.0 Å². The third-order valence-corrected chi connectivity index (χ3v) is 9.12. The van der Waals surface area contributed by atoms with Gasteiger partial charge in [0, 0.05) is 32.8 Å². The lowest BCUT2D eigenvalue weighted by atomic mass is 9.59. The lowest BCUT2D eigenvalue weighted by Gasteiger charge is -2.55. The first-order valence-electron chi connectivity index (χ1n) is 11.0. The van der Waals surface area contributed by atoms with Crippen molar-refractivity contribution in [1.82, 2.24) is 9.88 Å². The van der Waals surface area contributed by atoms with E-state index in [0.29, 0.717) is 5.25 Å². The van der Waals surface area contributed by atoms with Crippen LogP contribution in [0.4, 0.5) is 0 Å². The van der Waals surface area contributed by atoms with Gasteiger partial charge in [0.25, 0.3) is 0 Å². The van der Waals surface area contributed by atoms with Gasteiger partial charge >= 0.3 is 0 Å². The van der Waals surface area contributed by atoms with Crippen LogP contribution in [0.3, 0.4) is 0 Å². The van der Waals surface area contributed by atoms with Gasteiger partial charge in [-0.2, -0.15) is 11.8 Å². The first-order valence-corrected chi connectivity index (χ1v) is 12.3. The molecule has 3 atom stereocenters. The van der Waals surface area contributed by atoms with Gasteiger partial charge in [0.1, 0.15) is 0 Å². The zero-order chi connectivity index (χ0) is 20.1. The van der Waals surface area contributed by atoms with Gasteiger partial charge in [0.2, 0.25) is 0 Å². The molecule has 5 rings (SSSR count). The van der Waals surface area contributed by atoms with Crippen molar-refractivity contribution in [3.05, 3.63) is 71.4 Å². The van der Waals surface area contributed by atoms with Crippen LogP contribution in [0.25, 0.3) is 10.9 Å². The Labute approximate surface area is 179 Å². The summed E-state index contributed by atoms with van der Waals surface area (Å²) in [5.74, 6) is 0. The second kappa shape index (κ2) is 7.21. The minimum atomic E-state index is 0.129. The first kappa shape index (κ1) is 19.3. The van der Waals surface area contributed by atoms with Crippen LogP contribution in [0.2, 0.25) is 0 Å². The molecule has 0 bridgehead atoms. The third-order valence-electron chi connectivity index (χ3n) is 7.94. The van der Waals surface area contributed by atoms with Crippen molar-refractivity contribution < 1.29 is 0 Å². The van der Waals surface area contributed by atoms with E-state index in [0.717, 1.165) is 0 Å². The van der Waals surface area contributed by atoms with Gasteiger partial charge in [0.15, 0.2) is 0 Å². The van der Waals surface area contributed by atoms with E-state index in [-0.39, 0.29) is 11.0 Å². The smallest absolute Gasteiger partial charge is 0.0465 e. The maximum absolute atomic E-state index is 3.91. The molecule has 3 unspecified atom stereocenters. The highest BCUT2D eigenvalue weighted by Gasteiger charge is 2.53. The summed E-state index contributed by atoms with van der Waals surface area (Å²) >= 11 is 2.09. The average molecular weight is 405 g/mol. The molecule has 1 fully saturated rings. The fraction of sp³-hybridized carbons (Fsp3) is 0.462. The summed E-state index contributed by atoms with van der Waals surface area (Å²) in [5.41, 5.74) is 6.37. The molecule has 29 heavy (non-hydrogen) atoms. The van der Waals surface area contributed by atoms with Crippen molar-refractivity contribution in [2.45, 2.75) is 54.7 Å². The molecule has 1 saturated carbocycles. The van der Waals surface area contributed by atoms with Crippen molar-refractivity contribution in [2.75, 3.05) is 20.4 Å². The summed E-state index contributed by atoms with van der Waals surface area (Å²) < 4.78 is 0. The number of aromatic amines is 1. The van der Waals surface area contributed by atoms with Crippen LogP contribution in [-0.4, -0.2) is 35.5 Å². The molecular formula is C26H32N2S. The summed E-state index contributed by atoms with van der Waals surface area (Å²) in [6, 6.07) is 20.1. The molecular weight excluding hydrogens is 372 g/mol. The van der Waals surface area contributed by atoms with Crippen LogP contribution < -0.4 is 0 Å². The Morgan fingerprint density at radius 3 is 2.48 bits per heavy atom. The summed E-state index contributed by atoms with van der Waals surface area (Å²) in [5, 5.41) is 2.07. The Balaban J connectivity index is 1.61. The second-order valence-corrected chi connectivity index (χ2v) is 10.3. The van der Waals surface area contributed by atoms with E-state index < -0.39 is 0 Å². The molecule has 2 aliphatic rings. The Morgan fingerprint density at radius 1 is 0.966 bits per heavy atom. The monoisotopic (exact) mass is 404 g/mol. The number of hydrogen-bond donors (Lipinski definition) is 1. The molecule has 1 N–H and O–H groups in total. The van der Waals surface area contributed by atoms with Gasteiger partial charge in [-0.3, -0.25) is 4.90 Å². The predicted octanol–water partition coefficient (Wildman–Crippen LogP) is 6.11. The molecule has 0 amide bonds. The maximum atomic E-state index is 3.91. The van der Waals surface area contributed by atoms with Gasteiger partial charge in [-0.15, -0.1) is 0 Å². The van der Waals surface area contributed by atoms with E-state index in [1.54, 1.807) is 11.3 Å². The van der Waals surface area contributed by atoms with Crippen molar-refractivity contribution in [1.29, 1.82) is 0 Å². The van der Waals surface area contributed by atoms with E-state index in [9.17, 15) is 0 Å². The molecule has 1 aromatic heterocycles. The van der Waals surface area contributed by atoms with E-state index in [1.165, 1.54) is 55.0 Å². The van der Waals surface area contributed by atoms with Crippen LogP contribution >= 0.6 is 11.8 Å². The zero-order valence-electron chi connectivity index (χ0n) is 17.9. The number of para-hydroxylation sites is 1. The molecule has 3 heteroatoms. The van der Waals surface area contributed by atoms with Crippen molar-refractivity contribution in [2.24, 2.45) is 0 Å². The summed E-state index contributed by atoms with van der Waals surface area (Å²) in [6.07, 6.45) is 9.86. The highest BCUT2D eigenvalue weighted by atomic mass is 32.2. The fourth-order valence-electron chi connectivity index (χ4n) is 6.34. The molecule has 1 heterocycles. The molecule has 1 spiro atoms. The number of nitrogens with one attached hydrogen (secondary N) is 1. The predicted molar refractivity (Wildman–Crippen MR) is 126 cm³/mol. The minimum Gasteiger partial charge on any atom is -0.358 e. The number of thioether (sulfide) groups is 1. The minimum absolute atomic E-state index is 0.129. The number of aryl methyl sites for hydroxylation is 1. The standard InChI is InChI=1S/C26H32N2S/c1-28(2)26(19-10-5-4-6-11-19)17-16-25(23(18-26)29-3)15-9-13-21-20-12-7-8-14-22(20)27-24(21)25/h4-8,10-12,14,23,27H,9,13,15-18H2,1-3H3. The Kier molecular flexibility index (Phi) is 4.79. The molecule has 2 aliphatic carbocycles. The summed E-state index contributed by atoms with van der Waals surface area (Å²) in [6.45, 7) is 0. The number of H-pyrrole nitrogens is 1. The number of benzene rings is 2. The lowest BCUT2D eigenvalue weighted by Crippen LogP contribution is -2.54. The van der Waals surface area contributed by atoms with Gasteiger partial charge in [-0.1, -0.05) is 48.5 Å². The Morgan fingerprint density at radius 2 is 1.72 bits per heavy atom. The van der Waals surface area contributed by atoms with E-state index >= 15 is 0 Å². The highest BCUT2D eigenvalue weighted by molar-refractivity contribution is 7.99. The second-order valence-electron chi connectivity index (χ2n) is 9.25. The van der Waals surface area contributed by atoms with Crippen molar-refractivity contribution in [3.63, 3.8) is 0 Å². The normalized spacial score (nSPS) is 29.4. The lowest BCUT2D eigenvalue weighted by molar-refractivity contribution is 0.0630. The Bertz CT molecular complexity index is 1010. The fourth-order valence-corrected chi connectivity index (χ4v) is 7.59. The molecule has 3 aromatic rings. The number of rotatable bonds is 3. The van der Waals surface area contributed by atoms with Crippen LogP contribution in [0.5, 0.6) is 0 Å². The van der Waals surface area contributed by atoms with Gasteiger partial charge in [0.05, 0.1) is 0 Å². The van der Waals surface area contributed by atoms with Gasteiger partial charge < -0.3 is 4.98 Å². The van der Waals surface area contributed by atoms with Crippen LogP contribution in [0, 0.1) is 0 Å². The molecule has 0 saturated heterocycles. The first-order chi connectivity index (χ1) is 14.1. The molecule has 2 nitrogen and oxygen atoms in total. The molecule has 0 aliphatic heterocycles. The number of nitrogens with zero attached hydrogens (tertiary/aromatic N) is 1. The van der Waals surface area contributed by atoms with Crippen LogP contribution in [0.15, 0.2) is 54.6 Å². The quantitative estimate of drug-likeness (QED) is 0.567. The summed E-state index contributed by atoms with van der Waals surface area (Å²) in [4.78, 5) is 6.40. The van der Waals surface area contributed by atoms with Gasteiger partial charge in [-0.05, 0) is 76.1 Å². The number of hydrogen-bond acceptors (Lipinski definition) is 2. The zero-order valence-corrected chi connectivity index (χ0v) is 18.7. The molecule has 2 aromatic carbocycles. The largest absolute Gasteiger partial charge is 0.358 e. The van der Waals surface area contributed by atoms with E-state index in [4.69, 9.17) is 0 Å². The Hall–Kier alpha value is -1.71. The van der Waals surface area contributed by atoms with Crippen molar-refractivity contribution >= 4 is 22.7 Å².